The van der Waals surface area contributed by atoms with Crippen LogP contribution in [0.4, 0.5) is 0 Å². The molecule has 0 atom stereocenters. The van der Waals surface area contributed by atoms with Crippen LogP contribution in [0.1, 0.15) is 36.0 Å². The van der Waals surface area contributed by atoms with Crippen molar-refractivity contribution in [2.45, 2.75) is 39.7 Å². The van der Waals surface area contributed by atoms with Crippen LogP contribution in [-0.2, 0) is 6.54 Å². The lowest BCUT2D eigenvalue weighted by molar-refractivity contribution is 0.466. The molecule has 88 valence electrons. The number of phenolic OH excluding ortho intramolecular Hbond substituents is 1. The van der Waals surface area contributed by atoms with Crippen molar-refractivity contribution in [1.82, 2.24) is 5.32 Å². The number of aromatic hydroxyl groups is 1. The van der Waals surface area contributed by atoms with Gasteiger partial charge in [-0.05, 0) is 49.4 Å². The second kappa shape index (κ2) is 4.88. The van der Waals surface area contributed by atoms with Crippen LogP contribution in [0, 0.1) is 19.8 Å². The Morgan fingerprint density at radius 3 is 2.44 bits per heavy atom. The Labute approximate surface area is 97.7 Å². The zero-order valence-electron chi connectivity index (χ0n) is 10.2. The first-order chi connectivity index (χ1) is 7.66. The third kappa shape index (κ3) is 2.99. The number of rotatable bonds is 5. The third-order valence-electron chi connectivity index (χ3n) is 3.31. The molecule has 2 heteroatoms. The van der Waals surface area contributed by atoms with Gasteiger partial charge < -0.3 is 10.4 Å². The zero-order valence-corrected chi connectivity index (χ0v) is 10.2. The van der Waals surface area contributed by atoms with E-state index in [1.807, 2.05) is 13.8 Å². The van der Waals surface area contributed by atoms with Gasteiger partial charge in [0.2, 0.25) is 0 Å². The second-order valence-electron chi connectivity index (χ2n) is 4.99. The van der Waals surface area contributed by atoms with Crippen LogP contribution in [0.2, 0.25) is 0 Å². The van der Waals surface area contributed by atoms with Crippen LogP contribution in [0.15, 0.2) is 12.1 Å². The fraction of sp³-hybridized carbons (Fsp3) is 0.571. The van der Waals surface area contributed by atoms with Gasteiger partial charge >= 0.3 is 0 Å². The van der Waals surface area contributed by atoms with Crippen LogP contribution in [0.5, 0.6) is 5.75 Å². The summed E-state index contributed by atoms with van der Waals surface area (Å²) in [5, 5.41) is 13.1. The van der Waals surface area contributed by atoms with Gasteiger partial charge in [0.1, 0.15) is 5.75 Å². The molecule has 2 nitrogen and oxygen atoms in total. The second-order valence-corrected chi connectivity index (χ2v) is 4.99. The van der Waals surface area contributed by atoms with E-state index in [0.717, 1.165) is 30.1 Å². The SMILES string of the molecule is Cc1cc(CNCCC2CC2)cc(C)c1O. The first kappa shape index (κ1) is 11.5. The summed E-state index contributed by atoms with van der Waals surface area (Å²) in [5.74, 6) is 1.43. The van der Waals surface area contributed by atoms with E-state index in [9.17, 15) is 5.11 Å². The average Bonchev–Trinajstić information content (AvgIpc) is 3.04. The maximum atomic E-state index is 9.66. The molecular formula is C14H21NO. The Kier molecular flexibility index (Phi) is 3.49. The van der Waals surface area contributed by atoms with Gasteiger partial charge in [0.25, 0.3) is 0 Å². The molecule has 1 aromatic carbocycles. The molecule has 0 aliphatic heterocycles. The summed E-state index contributed by atoms with van der Waals surface area (Å²) in [4.78, 5) is 0. The molecule has 1 saturated carbocycles. The lowest BCUT2D eigenvalue weighted by Crippen LogP contribution is -2.15. The van der Waals surface area contributed by atoms with Crippen LogP contribution in [0.25, 0.3) is 0 Å². The first-order valence-corrected chi connectivity index (χ1v) is 6.16. The summed E-state index contributed by atoms with van der Waals surface area (Å²) in [6.07, 6.45) is 4.17. The lowest BCUT2D eigenvalue weighted by Gasteiger charge is -2.09. The molecule has 0 radical (unpaired) electrons. The summed E-state index contributed by atoms with van der Waals surface area (Å²) in [5.41, 5.74) is 3.21. The summed E-state index contributed by atoms with van der Waals surface area (Å²) >= 11 is 0. The van der Waals surface area contributed by atoms with Crippen molar-refractivity contribution >= 4 is 0 Å². The summed E-state index contributed by atoms with van der Waals surface area (Å²) in [6, 6.07) is 4.12. The fourth-order valence-electron chi connectivity index (χ4n) is 2.09. The lowest BCUT2D eigenvalue weighted by atomic mass is 10.1. The fourth-order valence-corrected chi connectivity index (χ4v) is 2.09. The summed E-state index contributed by atoms with van der Waals surface area (Å²) in [7, 11) is 0. The van der Waals surface area contributed by atoms with E-state index in [4.69, 9.17) is 0 Å². The smallest absolute Gasteiger partial charge is 0.121 e. The number of nitrogens with one attached hydrogen (secondary N) is 1. The Hall–Kier alpha value is -1.02. The van der Waals surface area contributed by atoms with E-state index in [0.29, 0.717) is 5.75 Å². The molecule has 0 aromatic heterocycles. The van der Waals surface area contributed by atoms with Crippen molar-refractivity contribution in [2.24, 2.45) is 5.92 Å². The molecule has 1 aromatic rings. The van der Waals surface area contributed by atoms with Gasteiger partial charge in [-0.2, -0.15) is 0 Å². The number of phenols is 1. The Morgan fingerprint density at radius 1 is 1.25 bits per heavy atom. The number of hydrogen-bond acceptors (Lipinski definition) is 2. The number of aryl methyl sites for hydroxylation is 2. The Bertz CT molecular complexity index is 346. The molecule has 0 unspecified atom stereocenters. The van der Waals surface area contributed by atoms with Gasteiger partial charge in [-0.3, -0.25) is 0 Å². The predicted octanol–water partition coefficient (Wildman–Crippen LogP) is 2.90. The van der Waals surface area contributed by atoms with E-state index >= 15 is 0 Å². The third-order valence-corrected chi connectivity index (χ3v) is 3.31. The van der Waals surface area contributed by atoms with E-state index in [-0.39, 0.29) is 0 Å². The van der Waals surface area contributed by atoms with Gasteiger partial charge in [-0.1, -0.05) is 25.0 Å². The molecule has 2 N–H and O–H groups in total. The van der Waals surface area contributed by atoms with E-state index in [1.54, 1.807) is 0 Å². The van der Waals surface area contributed by atoms with Crippen molar-refractivity contribution in [2.75, 3.05) is 6.54 Å². The average molecular weight is 219 g/mol. The minimum Gasteiger partial charge on any atom is -0.507 e. The highest BCUT2D eigenvalue weighted by Crippen LogP contribution is 2.31. The van der Waals surface area contributed by atoms with Gasteiger partial charge in [-0.15, -0.1) is 0 Å². The molecule has 0 bridgehead atoms. The highest BCUT2D eigenvalue weighted by atomic mass is 16.3. The Balaban J connectivity index is 1.83. The van der Waals surface area contributed by atoms with Crippen LogP contribution >= 0.6 is 0 Å². The quantitative estimate of drug-likeness (QED) is 0.746. The molecule has 1 aliphatic carbocycles. The predicted molar refractivity (Wildman–Crippen MR) is 66.6 cm³/mol. The Morgan fingerprint density at radius 2 is 1.88 bits per heavy atom. The monoisotopic (exact) mass is 219 g/mol. The number of hydrogen-bond donors (Lipinski definition) is 2. The minimum absolute atomic E-state index is 0.432. The molecule has 1 aliphatic rings. The largest absolute Gasteiger partial charge is 0.507 e. The van der Waals surface area contributed by atoms with E-state index in [2.05, 4.69) is 17.4 Å². The van der Waals surface area contributed by atoms with Gasteiger partial charge in [0, 0.05) is 6.54 Å². The summed E-state index contributed by atoms with van der Waals surface area (Å²) < 4.78 is 0. The standard InChI is InChI=1S/C14H21NO/c1-10-7-13(8-11(2)14(10)16)9-15-6-5-12-3-4-12/h7-8,12,15-16H,3-6,9H2,1-2H3. The molecular weight excluding hydrogens is 198 g/mol. The number of benzene rings is 1. The van der Waals surface area contributed by atoms with Crippen molar-refractivity contribution in [3.8, 4) is 5.75 Å². The summed E-state index contributed by atoms with van der Waals surface area (Å²) in [6.45, 7) is 5.93. The van der Waals surface area contributed by atoms with Crippen molar-refractivity contribution < 1.29 is 5.11 Å². The highest BCUT2D eigenvalue weighted by molar-refractivity contribution is 5.42. The van der Waals surface area contributed by atoms with E-state index in [1.165, 1.54) is 24.8 Å². The molecule has 0 amide bonds. The highest BCUT2D eigenvalue weighted by Gasteiger charge is 2.19. The van der Waals surface area contributed by atoms with Crippen molar-refractivity contribution in [3.05, 3.63) is 28.8 Å². The topological polar surface area (TPSA) is 32.3 Å². The molecule has 16 heavy (non-hydrogen) atoms. The maximum Gasteiger partial charge on any atom is 0.121 e. The van der Waals surface area contributed by atoms with Gasteiger partial charge in [-0.25, -0.2) is 0 Å². The van der Waals surface area contributed by atoms with Crippen molar-refractivity contribution in [1.29, 1.82) is 0 Å². The normalized spacial score (nSPS) is 15.4. The van der Waals surface area contributed by atoms with Gasteiger partial charge in [0.05, 0.1) is 0 Å². The molecule has 0 heterocycles. The molecule has 1 fully saturated rings. The van der Waals surface area contributed by atoms with Crippen LogP contribution < -0.4 is 5.32 Å². The van der Waals surface area contributed by atoms with Crippen molar-refractivity contribution in [3.63, 3.8) is 0 Å². The van der Waals surface area contributed by atoms with Gasteiger partial charge in [0.15, 0.2) is 0 Å². The van der Waals surface area contributed by atoms with Crippen LogP contribution in [-0.4, -0.2) is 11.7 Å². The maximum absolute atomic E-state index is 9.66. The molecule has 0 saturated heterocycles. The molecule has 0 spiro atoms. The van der Waals surface area contributed by atoms with E-state index < -0.39 is 0 Å². The first-order valence-electron chi connectivity index (χ1n) is 6.16. The van der Waals surface area contributed by atoms with Crippen LogP contribution in [0.3, 0.4) is 0 Å². The zero-order chi connectivity index (χ0) is 11.5. The minimum atomic E-state index is 0.432. The molecule has 2 rings (SSSR count).